The molecule has 2 fully saturated rings. The van der Waals surface area contributed by atoms with E-state index in [1.54, 1.807) is 11.0 Å². The number of carbonyl (C=O) groups is 1. The number of nitrogen functional groups attached to an aromatic ring is 1. The van der Waals surface area contributed by atoms with Gasteiger partial charge in [0.25, 0.3) is 0 Å². The molecule has 1 saturated heterocycles. The van der Waals surface area contributed by atoms with Crippen molar-refractivity contribution in [3.05, 3.63) is 78.1 Å². The predicted octanol–water partition coefficient (Wildman–Crippen LogP) is 7.16. The lowest BCUT2D eigenvalue weighted by molar-refractivity contribution is 0.181. The molecule has 0 bridgehead atoms. The number of ether oxygens (including phenoxy) is 1. The fourth-order valence-corrected chi connectivity index (χ4v) is 6.86. The number of nitrogens with one attached hydrogen (secondary N) is 1. The van der Waals surface area contributed by atoms with E-state index in [0.717, 1.165) is 55.2 Å². The van der Waals surface area contributed by atoms with Crippen LogP contribution in [0.1, 0.15) is 64.4 Å². The fraction of sp³-hybridized carbons (Fsp3) is 0.429. The summed E-state index contributed by atoms with van der Waals surface area (Å²) in [5.74, 6) is 1.23. The van der Waals surface area contributed by atoms with E-state index in [-0.39, 0.29) is 18.0 Å². The maximum absolute atomic E-state index is 14.9. The van der Waals surface area contributed by atoms with Crippen molar-refractivity contribution in [3.63, 3.8) is 0 Å². The van der Waals surface area contributed by atoms with Crippen molar-refractivity contribution < 1.29 is 13.9 Å². The van der Waals surface area contributed by atoms with Gasteiger partial charge in [-0.15, -0.1) is 0 Å². The van der Waals surface area contributed by atoms with Gasteiger partial charge in [0.15, 0.2) is 0 Å². The Morgan fingerprint density at radius 1 is 1.02 bits per heavy atom. The van der Waals surface area contributed by atoms with Crippen molar-refractivity contribution in [2.75, 3.05) is 23.7 Å². The minimum atomic E-state index is -0.677. The zero-order valence-electron chi connectivity index (χ0n) is 25.2. The summed E-state index contributed by atoms with van der Waals surface area (Å²) < 4.78 is 20.8. The Kier molecular flexibility index (Phi) is 8.39. The lowest BCUT2D eigenvalue weighted by Gasteiger charge is -2.46. The van der Waals surface area contributed by atoms with E-state index in [2.05, 4.69) is 27.3 Å². The summed E-state index contributed by atoms with van der Waals surface area (Å²) in [6.07, 6.45) is 7.23. The molecular formula is C35H42FN5O2. The molecule has 3 aromatic rings. The molecule has 2 aliphatic heterocycles. The number of benzene rings is 3. The summed E-state index contributed by atoms with van der Waals surface area (Å²) in [5.41, 5.74) is 9.34. The van der Waals surface area contributed by atoms with Crippen molar-refractivity contribution in [2.24, 2.45) is 4.99 Å². The minimum Gasteiger partial charge on any atom is -0.491 e. The van der Waals surface area contributed by atoms with E-state index in [1.165, 1.54) is 37.0 Å². The minimum absolute atomic E-state index is 0.117. The first-order chi connectivity index (χ1) is 20.8. The zero-order valence-corrected chi connectivity index (χ0v) is 25.2. The van der Waals surface area contributed by atoms with Gasteiger partial charge in [-0.1, -0.05) is 43.5 Å². The summed E-state index contributed by atoms with van der Waals surface area (Å²) >= 11 is 0. The third kappa shape index (κ3) is 6.25. The molecule has 1 aliphatic carbocycles. The third-order valence-electron chi connectivity index (χ3n) is 9.00. The summed E-state index contributed by atoms with van der Waals surface area (Å²) in [4.78, 5) is 22.7. The molecule has 1 spiro atoms. The van der Waals surface area contributed by atoms with E-state index in [4.69, 9.17) is 10.5 Å². The molecule has 6 rings (SSSR count). The van der Waals surface area contributed by atoms with Crippen LogP contribution in [-0.4, -0.2) is 47.5 Å². The molecule has 0 atom stereocenters. The van der Waals surface area contributed by atoms with Gasteiger partial charge >= 0.3 is 6.03 Å². The number of likely N-dealkylation sites (tertiary alicyclic amines) is 1. The number of rotatable bonds is 7. The first kappa shape index (κ1) is 29.2. The highest BCUT2D eigenvalue weighted by atomic mass is 19.1. The molecular weight excluding hydrogens is 541 g/mol. The Balaban J connectivity index is 1.31. The van der Waals surface area contributed by atoms with Crippen molar-refractivity contribution in [2.45, 2.75) is 83.0 Å². The van der Waals surface area contributed by atoms with Crippen LogP contribution in [0.5, 0.6) is 5.75 Å². The summed E-state index contributed by atoms with van der Waals surface area (Å²) in [7, 11) is 0. The van der Waals surface area contributed by atoms with Gasteiger partial charge < -0.3 is 15.8 Å². The SMILES string of the molecule is CC(C)Oc1cccc(CN2CCC3(CC2)C(NC2CCCCC2)=NC(=O)N3c2cc(F)ccc2-c2ccc(N)cc2)c1. The first-order valence-corrected chi connectivity index (χ1v) is 15.6. The zero-order chi connectivity index (χ0) is 30.0. The highest BCUT2D eigenvalue weighted by Gasteiger charge is 2.52. The van der Waals surface area contributed by atoms with Crippen LogP contribution in [0.3, 0.4) is 0 Å². The maximum Gasteiger partial charge on any atom is 0.350 e. The summed E-state index contributed by atoms with van der Waals surface area (Å²) in [5, 5.41) is 3.72. The van der Waals surface area contributed by atoms with Gasteiger partial charge in [-0.25, -0.2) is 9.18 Å². The van der Waals surface area contributed by atoms with E-state index >= 15 is 0 Å². The molecule has 0 unspecified atom stereocenters. The molecule has 3 aromatic carbocycles. The molecule has 7 nitrogen and oxygen atoms in total. The Morgan fingerprint density at radius 3 is 2.49 bits per heavy atom. The molecule has 0 aromatic heterocycles. The van der Waals surface area contributed by atoms with Gasteiger partial charge in [0, 0.05) is 36.9 Å². The van der Waals surface area contributed by atoms with Gasteiger partial charge in [0.05, 0.1) is 11.8 Å². The molecule has 226 valence electrons. The van der Waals surface area contributed by atoms with E-state index in [9.17, 15) is 9.18 Å². The van der Waals surface area contributed by atoms with Crippen molar-refractivity contribution in [1.29, 1.82) is 0 Å². The number of hydrogen-bond donors (Lipinski definition) is 2. The number of aliphatic imine (C=N–C) groups is 1. The third-order valence-corrected chi connectivity index (χ3v) is 9.00. The van der Waals surface area contributed by atoms with Crippen molar-refractivity contribution >= 4 is 23.2 Å². The van der Waals surface area contributed by atoms with E-state index < -0.39 is 5.54 Å². The Bertz CT molecular complexity index is 1470. The molecule has 2 amide bonds. The molecule has 43 heavy (non-hydrogen) atoms. The first-order valence-electron chi connectivity index (χ1n) is 15.6. The highest BCUT2D eigenvalue weighted by Crippen LogP contribution is 2.43. The summed E-state index contributed by atoms with van der Waals surface area (Å²) in [6.45, 7) is 6.40. The average molecular weight is 584 g/mol. The van der Waals surface area contributed by atoms with Crippen LogP contribution in [-0.2, 0) is 6.54 Å². The monoisotopic (exact) mass is 583 g/mol. The van der Waals surface area contributed by atoms with Crippen molar-refractivity contribution in [1.82, 2.24) is 10.2 Å². The smallest absolute Gasteiger partial charge is 0.350 e. The van der Waals surface area contributed by atoms with Gasteiger partial charge in [-0.05, 0) is 93.1 Å². The maximum atomic E-state index is 14.9. The van der Waals surface area contributed by atoms with E-state index in [0.29, 0.717) is 30.3 Å². The second-order valence-electron chi connectivity index (χ2n) is 12.5. The summed E-state index contributed by atoms with van der Waals surface area (Å²) in [6, 6.07) is 20.4. The quantitative estimate of drug-likeness (QED) is 0.289. The molecule has 3 N–H and O–H groups in total. The van der Waals surface area contributed by atoms with Crippen LogP contribution in [0.15, 0.2) is 71.7 Å². The Morgan fingerprint density at radius 2 is 1.77 bits per heavy atom. The number of nitrogens with zero attached hydrogens (tertiary/aromatic N) is 3. The molecule has 3 aliphatic rings. The van der Waals surface area contributed by atoms with Crippen LogP contribution in [0.2, 0.25) is 0 Å². The van der Waals surface area contributed by atoms with Crippen LogP contribution in [0, 0.1) is 5.82 Å². The van der Waals surface area contributed by atoms with Gasteiger partial charge in [0.2, 0.25) is 0 Å². The second kappa shape index (κ2) is 12.4. The number of carbonyl (C=O) groups excluding carboxylic acids is 1. The van der Waals surface area contributed by atoms with Gasteiger partial charge in [-0.2, -0.15) is 4.99 Å². The number of nitrogens with two attached hydrogens (primary N) is 1. The number of urea groups is 1. The van der Waals surface area contributed by atoms with E-state index in [1.807, 2.05) is 50.2 Å². The number of amides is 2. The molecule has 8 heteroatoms. The van der Waals surface area contributed by atoms with Crippen LogP contribution in [0.4, 0.5) is 20.6 Å². The normalized spacial score (nSPS) is 19.2. The number of halogens is 1. The molecule has 0 radical (unpaired) electrons. The topological polar surface area (TPSA) is 83.2 Å². The number of hydrogen-bond acceptors (Lipinski definition) is 5. The van der Waals surface area contributed by atoms with Crippen LogP contribution >= 0.6 is 0 Å². The highest BCUT2D eigenvalue weighted by molar-refractivity contribution is 6.17. The Labute approximate surface area is 253 Å². The van der Waals surface area contributed by atoms with Crippen LogP contribution < -0.4 is 20.7 Å². The fourth-order valence-electron chi connectivity index (χ4n) is 6.86. The Hall–Kier alpha value is -3.91. The predicted molar refractivity (Wildman–Crippen MR) is 171 cm³/mol. The molecule has 1 saturated carbocycles. The van der Waals surface area contributed by atoms with Gasteiger partial charge in [-0.3, -0.25) is 9.80 Å². The molecule has 2 heterocycles. The number of amidine groups is 1. The average Bonchev–Trinajstić information content (AvgIpc) is 3.24. The lowest BCUT2D eigenvalue weighted by atomic mass is 9.83. The van der Waals surface area contributed by atoms with Crippen LogP contribution in [0.25, 0.3) is 11.1 Å². The van der Waals surface area contributed by atoms with Gasteiger partial charge in [0.1, 0.15) is 22.9 Å². The largest absolute Gasteiger partial charge is 0.491 e. The standard InChI is InChI=1S/C35H42FN5O2/c1-24(2)43-30-10-6-7-25(21-30)23-40-19-17-35(18-20-40)33(38-29-8-4-3-5-9-29)39-34(42)41(35)32-22-27(36)13-16-31(32)26-11-14-28(37)15-12-26/h6-7,10-16,21-22,24,29H,3-5,8-9,17-20,23,37H2,1-2H3,(H,38,39,42). The second-order valence-corrected chi connectivity index (χ2v) is 12.5. The van der Waals surface area contributed by atoms with Crippen molar-refractivity contribution in [3.8, 4) is 16.9 Å². The number of anilines is 2. The number of piperidine rings is 1. The lowest BCUT2D eigenvalue weighted by Crippen LogP contribution is -2.62.